The Hall–Kier alpha value is -1.41. The highest BCUT2D eigenvalue weighted by atomic mass is 32.2. The summed E-state index contributed by atoms with van der Waals surface area (Å²) >= 11 is 0. The van der Waals surface area contributed by atoms with E-state index in [1.807, 2.05) is 4.72 Å². The van der Waals surface area contributed by atoms with Crippen LogP contribution in [0.4, 0.5) is 8.78 Å². The monoisotopic (exact) mass is 267 g/mol. The normalized spacial score (nSPS) is 11.8. The molecule has 0 aliphatic rings. The van der Waals surface area contributed by atoms with Crippen molar-refractivity contribution in [3.05, 3.63) is 23.8 Å². The fourth-order valence-electron chi connectivity index (χ4n) is 1.17. The molecule has 0 unspecified atom stereocenters. The first-order valence-corrected chi connectivity index (χ1v) is 6.17. The van der Waals surface area contributed by atoms with Crippen molar-refractivity contribution in [2.75, 3.05) is 7.05 Å². The topological polar surface area (TPSA) is 75.6 Å². The lowest BCUT2D eigenvalue weighted by Crippen LogP contribution is -2.21. The van der Waals surface area contributed by atoms with E-state index in [4.69, 9.17) is 0 Å². The lowest BCUT2D eigenvalue weighted by atomic mass is 10.2. The minimum Gasteiger partial charge on any atom is -0.508 e. The fourth-order valence-corrected chi connectivity index (χ4v) is 1.95. The molecule has 0 bridgehead atoms. The molecule has 1 aromatic carbocycles. The van der Waals surface area contributed by atoms with Crippen LogP contribution in [0.5, 0.6) is 11.5 Å². The maximum atomic E-state index is 12.1. The molecule has 0 atom stereocenters. The third kappa shape index (κ3) is 4.16. The minimum atomic E-state index is -3.63. The van der Waals surface area contributed by atoms with Gasteiger partial charge >= 0.3 is 6.61 Å². The molecule has 8 heteroatoms. The van der Waals surface area contributed by atoms with E-state index in [-0.39, 0.29) is 17.1 Å². The number of phenolic OH excluding ortho intramolecular Hbond substituents is 1. The molecule has 17 heavy (non-hydrogen) atoms. The number of alkyl halides is 2. The van der Waals surface area contributed by atoms with E-state index < -0.39 is 22.4 Å². The molecule has 0 saturated heterocycles. The molecule has 1 rings (SSSR count). The Morgan fingerprint density at radius 3 is 2.65 bits per heavy atom. The zero-order valence-electron chi connectivity index (χ0n) is 8.85. The van der Waals surface area contributed by atoms with Gasteiger partial charge in [-0.3, -0.25) is 0 Å². The lowest BCUT2D eigenvalue weighted by molar-refractivity contribution is -0.0503. The van der Waals surface area contributed by atoms with Gasteiger partial charge in [-0.2, -0.15) is 8.78 Å². The molecule has 2 N–H and O–H groups in total. The van der Waals surface area contributed by atoms with Gasteiger partial charge in [-0.1, -0.05) is 0 Å². The van der Waals surface area contributed by atoms with E-state index in [9.17, 15) is 22.3 Å². The largest absolute Gasteiger partial charge is 0.508 e. The van der Waals surface area contributed by atoms with Gasteiger partial charge < -0.3 is 9.84 Å². The maximum absolute atomic E-state index is 12.1. The molecule has 1 aromatic rings. The predicted molar refractivity (Wildman–Crippen MR) is 56.4 cm³/mol. The van der Waals surface area contributed by atoms with Crippen LogP contribution in [0.2, 0.25) is 0 Å². The highest BCUT2D eigenvalue weighted by molar-refractivity contribution is 7.88. The second kappa shape index (κ2) is 5.28. The van der Waals surface area contributed by atoms with Crippen molar-refractivity contribution in [2.45, 2.75) is 12.4 Å². The summed E-state index contributed by atoms with van der Waals surface area (Å²) in [4.78, 5) is 0. The third-order valence-corrected chi connectivity index (χ3v) is 3.23. The molecule has 0 fully saturated rings. The van der Waals surface area contributed by atoms with E-state index in [1.165, 1.54) is 7.05 Å². The van der Waals surface area contributed by atoms with Gasteiger partial charge in [0, 0.05) is 5.56 Å². The number of aromatic hydroxyl groups is 1. The van der Waals surface area contributed by atoms with Gasteiger partial charge in [0.2, 0.25) is 10.0 Å². The molecule has 96 valence electrons. The standard InChI is InChI=1S/C9H11F2NO4S/c1-12-17(14,15)5-6-4-7(13)2-3-8(6)16-9(10)11/h2-4,9,12-13H,5H2,1H3. The van der Waals surface area contributed by atoms with E-state index in [0.717, 1.165) is 18.2 Å². The third-order valence-electron chi connectivity index (χ3n) is 1.92. The van der Waals surface area contributed by atoms with Crippen LogP contribution in [0, 0.1) is 0 Å². The minimum absolute atomic E-state index is 0.0420. The van der Waals surface area contributed by atoms with Gasteiger partial charge in [0.05, 0.1) is 5.75 Å². The SMILES string of the molecule is CNS(=O)(=O)Cc1cc(O)ccc1OC(F)F. The van der Waals surface area contributed by atoms with Crippen LogP contribution in [0.15, 0.2) is 18.2 Å². The Bertz CT molecular complexity index is 490. The van der Waals surface area contributed by atoms with Crippen molar-refractivity contribution in [1.82, 2.24) is 4.72 Å². The number of sulfonamides is 1. The molecule has 0 aliphatic carbocycles. The van der Waals surface area contributed by atoms with E-state index in [1.54, 1.807) is 0 Å². The van der Waals surface area contributed by atoms with Gasteiger partial charge in [-0.25, -0.2) is 13.1 Å². The van der Waals surface area contributed by atoms with Crippen molar-refractivity contribution in [3.63, 3.8) is 0 Å². The van der Waals surface area contributed by atoms with Gasteiger partial charge in [-0.05, 0) is 25.2 Å². The van der Waals surface area contributed by atoms with E-state index in [0.29, 0.717) is 0 Å². The van der Waals surface area contributed by atoms with Crippen LogP contribution in [0.25, 0.3) is 0 Å². The molecule has 0 radical (unpaired) electrons. The molecule has 0 aliphatic heterocycles. The van der Waals surface area contributed by atoms with Crippen LogP contribution < -0.4 is 9.46 Å². The second-order valence-electron chi connectivity index (χ2n) is 3.13. The molecule has 0 saturated carbocycles. The number of halogens is 2. The van der Waals surface area contributed by atoms with Crippen LogP contribution in [-0.2, 0) is 15.8 Å². The predicted octanol–water partition coefficient (Wildman–Crippen LogP) is 1.04. The van der Waals surface area contributed by atoms with Crippen LogP contribution in [-0.4, -0.2) is 27.2 Å². The molecular formula is C9H11F2NO4S. The molecule has 0 amide bonds. The summed E-state index contributed by atoms with van der Waals surface area (Å²) in [5, 5.41) is 9.18. The Morgan fingerprint density at radius 1 is 1.47 bits per heavy atom. The summed E-state index contributed by atoms with van der Waals surface area (Å²) in [6.45, 7) is -3.06. The van der Waals surface area contributed by atoms with Crippen LogP contribution in [0.1, 0.15) is 5.56 Å². The van der Waals surface area contributed by atoms with Gasteiger partial charge in [0.1, 0.15) is 11.5 Å². The first kappa shape index (κ1) is 13.7. The lowest BCUT2D eigenvalue weighted by Gasteiger charge is -2.11. The molecule has 5 nitrogen and oxygen atoms in total. The zero-order valence-corrected chi connectivity index (χ0v) is 9.67. The van der Waals surface area contributed by atoms with Gasteiger partial charge in [0.15, 0.2) is 0 Å². The average Bonchev–Trinajstić information content (AvgIpc) is 2.21. The summed E-state index contributed by atoms with van der Waals surface area (Å²) < 4.78 is 52.9. The van der Waals surface area contributed by atoms with Gasteiger partial charge in [0.25, 0.3) is 0 Å². The van der Waals surface area contributed by atoms with Crippen molar-refractivity contribution < 1.29 is 27.0 Å². The number of hydrogen-bond donors (Lipinski definition) is 2. The van der Waals surface area contributed by atoms with Crippen LogP contribution in [0.3, 0.4) is 0 Å². The quantitative estimate of drug-likeness (QED) is 0.836. The number of phenols is 1. The smallest absolute Gasteiger partial charge is 0.387 e. The summed E-state index contributed by atoms with van der Waals surface area (Å²) in [5.74, 6) is -1.07. The van der Waals surface area contributed by atoms with Crippen molar-refractivity contribution >= 4 is 10.0 Å². The summed E-state index contributed by atoms with van der Waals surface area (Å²) in [5.41, 5.74) is -0.0420. The Kier molecular flexibility index (Phi) is 4.24. The highest BCUT2D eigenvalue weighted by Crippen LogP contribution is 2.26. The Morgan fingerprint density at radius 2 is 2.12 bits per heavy atom. The van der Waals surface area contributed by atoms with E-state index >= 15 is 0 Å². The zero-order chi connectivity index (χ0) is 13.1. The Labute approximate surface area is 97.1 Å². The fraction of sp³-hybridized carbons (Fsp3) is 0.333. The molecule has 0 heterocycles. The van der Waals surface area contributed by atoms with Gasteiger partial charge in [-0.15, -0.1) is 0 Å². The number of nitrogens with one attached hydrogen (secondary N) is 1. The molecular weight excluding hydrogens is 256 g/mol. The summed E-state index contributed by atoms with van der Waals surface area (Å²) in [7, 11) is -2.43. The van der Waals surface area contributed by atoms with E-state index in [2.05, 4.69) is 4.74 Å². The number of ether oxygens (including phenoxy) is 1. The maximum Gasteiger partial charge on any atom is 0.387 e. The summed E-state index contributed by atoms with van der Waals surface area (Å²) in [6.07, 6.45) is 0. The van der Waals surface area contributed by atoms with Crippen molar-refractivity contribution in [2.24, 2.45) is 0 Å². The highest BCUT2D eigenvalue weighted by Gasteiger charge is 2.16. The average molecular weight is 267 g/mol. The molecule has 0 aromatic heterocycles. The summed E-state index contributed by atoms with van der Waals surface area (Å²) in [6, 6.07) is 3.28. The number of rotatable bonds is 5. The number of hydrogen-bond acceptors (Lipinski definition) is 4. The first-order valence-electron chi connectivity index (χ1n) is 4.52. The Balaban J connectivity index is 3.07. The second-order valence-corrected chi connectivity index (χ2v) is 5.06. The first-order chi connectivity index (χ1) is 7.84. The van der Waals surface area contributed by atoms with Crippen LogP contribution >= 0.6 is 0 Å². The van der Waals surface area contributed by atoms with Crippen molar-refractivity contribution in [1.29, 1.82) is 0 Å². The van der Waals surface area contributed by atoms with Crippen molar-refractivity contribution in [3.8, 4) is 11.5 Å². The molecule has 0 spiro atoms. The number of benzene rings is 1.